The van der Waals surface area contributed by atoms with Crippen molar-refractivity contribution in [1.29, 1.82) is 0 Å². The largest absolute Gasteiger partial charge is 0.274 e. The molecule has 1 unspecified atom stereocenters. The highest BCUT2D eigenvalue weighted by atomic mass is 79.9. The van der Waals surface area contributed by atoms with Gasteiger partial charge in [-0.2, -0.15) is 4.31 Å². The van der Waals surface area contributed by atoms with Gasteiger partial charge >= 0.3 is 0 Å². The molecule has 11 heteroatoms. The summed E-state index contributed by atoms with van der Waals surface area (Å²) in [6.07, 6.45) is -0.337. The molecule has 1 fully saturated rings. The van der Waals surface area contributed by atoms with Crippen molar-refractivity contribution in [2.24, 2.45) is 0 Å². The summed E-state index contributed by atoms with van der Waals surface area (Å²) in [7, 11) is -4.37. The number of nitrogens with zero attached hydrogens (tertiary/aromatic N) is 2. The summed E-state index contributed by atoms with van der Waals surface area (Å²) in [5.74, 6) is -1.19. The summed E-state index contributed by atoms with van der Waals surface area (Å²) in [5.41, 5.74) is 0.810. The molecule has 0 N–H and O–H groups in total. The first-order valence-electron chi connectivity index (χ1n) is 9.92. The van der Waals surface area contributed by atoms with Crippen molar-refractivity contribution in [3.63, 3.8) is 0 Å². The number of sulfonamides is 1. The summed E-state index contributed by atoms with van der Waals surface area (Å²) in [5, 5.41) is 0.419. The number of rotatable bonds is 6. The highest BCUT2D eigenvalue weighted by molar-refractivity contribution is 9.10. The van der Waals surface area contributed by atoms with Crippen LogP contribution in [0.2, 0.25) is 15.1 Å². The van der Waals surface area contributed by atoms with Crippen LogP contribution in [0.25, 0.3) is 0 Å². The van der Waals surface area contributed by atoms with E-state index in [1.165, 1.54) is 18.2 Å². The number of imide groups is 1. The lowest BCUT2D eigenvalue weighted by Gasteiger charge is -2.27. The second kappa shape index (κ2) is 9.97. The smallest absolute Gasteiger partial charge is 0.252 e. The fraction of sp³-hybridized carbons (Fsp3) is 0.130. The number of carbonyl (C=O) groups is 2. The lowest BCUT2D eigenvalue weighted by atomic mass is 10.2. The van der Waals surface area contributed by atoms with Crippen molar-refractivity contribution in [1.82, 2.24) is 4.31 Å². The highest BCUT2D eigenvalue weighted by Gasteiger charge is 2.47. The molecule has 0 radical (unpaired) electrons. The molecule has 1 aliphatic heterocycles. The van der Waals surface area contributed by atoms with E-state index in [0.717, 1.165) is 13.7 Å². The Morgan fingerprint density at radius 1 is 0.941 bits per heavy atom. The maximum Gasteiger partial charge on any atom is 0.252 e. The van der Waals surface area contributed by atoms with Crippen LogP contribution in [-0.4, -0.2) is 30.6 Å². The number of anilines is 1. The Morgan fingerprint density at radius 2 is 1.62 bits per heavy atom. The highest BCUT2D eigenvalue weighted by Crippen LogP contribution is 2.35. The number of hydrogen-bond acceptors (Lipinski definition) is 4. The van der Waals surface area contributed by atoms with E-state index in [2.05, 4.69) is 15.9 Å². The zero-order chi connectivity index (χ0) is 24.6. The molecule has 1 saturated heterocycles. The van der Waals surface area contributed by atoms with Gasteiger partial charge in [-0.1, -0.05) is 68.9 Å². The van der Waals surface area contributed by atoms with Crippen LogP contribution in [-0.2, 0) is 26.2 Å². The van der Waals surface area contributed by atoms with E-state index in [-0.39, 0.29) is 27.9 Å². The Labute approximate surface area is 220 Å². The molecule has 0 saturated carbocycles. The molecule has 34 heavy (non-hydrogen) atoms. The molecule has 0 aliphatic carbocycles. The van der Waals surface area contributed by atoms with E-state index < -0.39 is 27.9 Å². The molecule has 1 heterocycles. The Hall–Kier alpha value is -1.94. The Kier molecular flexibility index (Phi) is 7.38. The Morgan fingerprint density at radius 3 is 2.29 bits per heavy atom. The monoisotopic (exact) mass is 600 g/mol. The normalized spacial score (nSPS) is 16.5. The Balaban J connectivity index is 1.81. The number of halogens is 4. The van der Waals surface area contributed by atoms with Crippen LogP contribution in [0.5, 0.6) is 0 Å². The van der Waals surface area contributed by atoms with Crippen LogP contribution in [0, 0.1) is 0 Å². The van der Waals surface area contributed by atoms with Crippen molar-refractivity contribution in [2.75, 3.05) is 4.90 Å². The minimum Gasteiger partial charge on any atom is -0.274 e. The third-order valence-electron chi connectivity index (χ3n) is 5.32. The molecule has 2 amide bonds. The van der Waals surface area contributed by atoms with E-state index in [1.807, 2.05) is 0 Å². The van der Waals surface area contributed by atoms with Crippen molar-refractivity contribution in [3.05, 3.63) is 91.8 Å². The van der Waals surface area contributed by atoms with E-state index in [1.54, 1.807) is 48.5 Å². The predicted octanol–water partition coefficient (Wildman–Crippen LogP) is 5.93. The van der Waals surface area contributed by atoms with Gasteiger partial charge in [-0.25, -0.2) is 13.3 Å². The third-order valence-corrected chi connectivity index (χ3v) is 8.79. The van der Waals surface area contributed by atoms with Gasteiger partial charge in [0.2, 0.25) is 15.9 Å². The molecule has 176 valence electrons. The van der Waals surface area contributed by atoms with Gasteiger partial charge in [-0.15, -0.1) is 0 Å². The average molecular weight is 603 g/mol. The van der Waals surface area contributed by atoms with E-state index in [0.29, 0.717) is 16.3 Å². The van der Waals surface area contributed by atoms with Crippen molar-refractivity contribution in [3.8, 4) is 0 Å². The molecular weight excluding hydrogens is 587 g/mol. The zero-order valence-corrected chi connectivity index (χ0v) is 22.0. The first kappa shape index (κ1) is 25.2. The van der Waals surface area contributed by atoms with Gasteiger partial charge in [0, 0.05) is 21.1 Å². The summed E-state index contributed by atoms with van der Waals surface area (Å²) in [6.45, 7) is -0.247. The molecule has 4 rings (SSSR count). The SMILES string of the molecule is O=C1CC(N(Cc2ccccc2Cl)S(=O)(=O)c2cc(Cl)ccc2Cl)C(=O)N1c1ccc(Br)cc1. The lowest BCUT2D eigenvalue weighted by molar-refractivity contribution is -0.122. The van der Waals surface area contributed by atoms with E-state index in [4.69, 9.17) is 34.8 Å². The molecule has 6 nitrogen and oxygen atoms in total. The molecule has 3 aromatic carbocycles. The summed E-state index contributed by atoms with van der Waals surface area (Å²) in [4.78, 5) is 27.1. The maximum atomic E-state index is 13.8. The first-order valence-corrected chi connectivity index (χ1v) is 13.3. The quantitative estimate of drug-likeness (QED) is 0.328. The van der Waals surface area contributed by atoms with Crippen molar-refractivity contribution in [2.45, 2.75) is 23.9 Å². The number of hydrogen-bond donors (Lipinski definition) is 0. The molecule has 0 aromatic heterocycles. The first-order chi connectivity index (χ1) is 16.1. The van der Waals surface area contributed by atoms with Crippen LogP contribution >= 0.6 is 50.7 Å². The third kappa shape index (κ3) is 4.89. The standard InChI is InChI=1S/C23H16BrCl3N2O4S/c24-15-5-8-17(9-6-15)29-22(30)12-20(23(29)31)28(13-14-3-1-2-4-18(14)26)34(32,33)21-11-16(25)7-10-19(21)27/h1-11,20H,12-13H2. The van der Waals surface area contributed by atoms with Crippen LogP contribution in [0.1, 0.15) is 12.0 Å². The van der Waals surface area contributed by atoms with Crippen LogP contribution in [0.3, 0.4) is 0 Å². The van der Waals surface area contributed by atoms with Crippen LogP contribution < -0.4 is 4.90 Å². The van der Waals surface area contributed by atoms with E-state index in [9.17, 15) is 18.0 Å². The molecule has 3 aromatic rings. The van der Waals surface area contributed by atoms with Gasteiger partial charge < -0.3 is 0 Å². The molecule has 0 spiro atoms. The average Bonchev–Trinajstić information content (AvgIpc) is 3.08. The second-order valence-electron chi connectivity index (χ2n) is 7.48. The van der Waals surface area contributed by atoms with Gasteiger partial charge in [0.25, 0.3) is 5.91 Å². The summed E-state index contributed by atoms with van der Waals surface area (Å²) in [6, 6.07) is 16.0. The van der Waals surface area contributed by atoms with Crippen LogP contribution in [0.4, 0.5) is 5.69 Å². The molecular formula is C23H16BrCl3N2O4S. The number of amides is 2. The fourth-order valence-electron chi connectivity index (χ4n) is 3.66. The number of benzene rings is 3. The van der Waals surface area contributed by atoms with Gasteiger partial charge in [-0.3, -0.25) is 9.59 Å². The second-order valence-corrected chi connectivity index (χ2v) is 11.5. The van der Waals surface area contributed by atoms with Crippen molar-refractivity contribution < 1.29 is 18.0 Å². The molecule has 1 atom stereocenters. The molecule has 0 bridgehead atoms. The molecule has 1 aliphatic rings. The van der Waals surface area contributed by atoms with Gasteiger partial charge in [0.1, 0.15) is 10.9 Å². The minimum absolute atomic E-state index is 0.0601. The zero-order valence-electron chi connectivity index (χ0n) is 17.3. The summed E-state index contributed by atoms with van der Waals surface area (Å²) < 4.78 is 29.3. The Bertz CT molecular complexity index is 1380. The lowest BCUT2D eigenvalue weighted by Crippen LogP contribution is -2.45. The fourth-order valence-corrected chi connectivity index (χ4v) is 6.42. The topological polar surface area (TPSA) is 74.8 Å². The minimum atomic E-state index is -4.37. The summed E-state index contributed by atoms with van der Waals surface area (Å²) >= 11 is 21.9. The van der Waals surface area contributed by atoms with Gasteiger partial charge in [-0.05, 0) is 54.1 Å². The number of carbonyl (C=O) groups excluding carboxylic acids is 2. The van der Waals surface area contributed by atoms with Gasteiger partial charge in [0.15, 0.2) is 0 Å². The van der Waals surface area contributed by atoms with E-state index >= 15 is 0 Å². The van der Waals surface area contributed by atoms with Crippen molar-refractivity contribution >= 4 is 78.3 Å². The maximum absolute atomic E-state index is 13.8. The van der Waals surface area contributed by atoms with Crippen LogP contribution in [0.15, 0.2) is 76.1 Å². The predicted molar refractivity (Wildman–Crippen MR) is 136 cm³/mol. The van der Waals surface area contributed by atoms with Gasteiger partial charge in [0.05, 0.1) is 17.1 Å².